The Morgan fingerprint density at radius 3 is 2.88 bits per heavy atom. The zero-order chi connectivity index (χ0) is 11.7. The van der Waals surface area contributed by atoms with Crippen LogP contribution in [-0.4, -0.2) is 31.0 Å². The van der Waals surface area contributed by atoms with Gasteiger partial charge in [-0.2, -0.15) is 9.50 Å². The van der Waals surface area contributed by atoms with Crippen molar-refractivity contribution in [2.45, 2.75) is 13.3 Å². The fourth-order valence-electron chi connectivity index (χ4n) is 1.42. The minimum atomic E-state index is -0.319. The van der Waals surface area contributed by atoms with Gasteiger partial charge < -0.3 is 11.2 Å². The van der Waals surface area contributed by atoms with Crippen LogP contribution in [-0.2, 0) is 11.2 Å². The summed E-state index contributed by atoms with van der Waals surface area (Å²) < 4.78 is 1.43. The number of nitrogens with zero attached hydrogens (tertiary/aromatic N) is 4. The molecule has 0 spiro atoms. The molecule has 0 atom stereocenters. The number of amides is 1. The lowest BCUT2D eigenvalue weighted by atomic mass is 10.2. The molecule has 17 heavy (non-hydrogen) atoms. The molecule has 9 nitrogen and oxygen atoms in total. The Labute approximate surface area is 96.1 Å². The quantitative estimate of drug-likeness (QED) is 0.304. The van der Waals surface area contributed by atoms with Crippen LogP contribution in [0.15, 0.2) is 6.07 Å². The van der Waals surface area contributed by atoms with Crippen LogP contribution in [0.4, 0.5) is 5.95 Å². The molecule has 92 valence electrons. The van der Waals surface area contributed by atoms with Crippen LogP contribution in [0.5, 0.6) is 0 Å². The molecular weight excluding hydrogens is 226 g/mol. The Morgan fingerprint density at radius 1 is 1.53 bits per heavy atom. The van der Waals surface area contributed by atoms with E-state index in [-0.39, 0.29) is 23.8 Å². The average molecular weight is 239 g/mol. The molecule has 2 heterocycles. The maximum Gasteiger partial charge on any atom is 0.254 e. The minimum absolute atomic E-state index is 0. The Bertz CT molecular complexity index is 550. The Balaban J connectivity index is 0.00000144. The van der Waals surface area contributed by atoms with Gasteiger partial charge in [0.2, 0.25) is 11.9 Å². The second kappa shape index (κ2) is 4.72. The zero-order valence-electron chi connectivity index (χ0n) is 9.14. The summed E-state index contributed by atoms with van der Waals surface area (Å²) in [5.41, 5.74) is 8.89. The monoisotopic (exact) mass is 239 g/mol. The third-order valence-electron chi connectivity index (χ3n) is 2.03. The number of hydrogen-bond donors (Lipinski definition) is 3. The number of hydrazine groups is 1. The first-order valence-corrected chi connectivity index (χ1v) is 4.58. The van der Waals surface area contributed by atoms with E-state index in [2.05, 4.69) is 20.5 Å². The molecule has 0 saturated carbocycles. The number of nitrogen functional groups attached to an aromatic ring is 1. The topological polar surface area (TPSA) is 156 Å². The molecule has 0 unspecified atom stereocenters. The van der Waals surface area contributed by atoms with E-state index in [0.717, 1.165) is 5.69 Å². The number of carbonyl (C=O) groups is 1. The summed E-state index contributed by atoms with van der Waals surface area (Å²) in [6.45, 7) is 1.80. The van der Waals surface area contributed by atoms with E-state index < -0.39 is 0 Å². The van der Waals surface area contributed by atoms with Gasteiger partial charge in [-0.05, 0) is 13.0 Å². The lowest BCUT2D eigenvalue weighted by Crippen LogP contribution is -2.32. The summed E-state index contributed by atoms with van der Waals surface area (Å²) in [5.74, 6) is 5.19. The van der Waals surface area contributed by atoms with Gasteiger partial charge in [0.1, 0.15) is 0 Å². The first kappa shape index (κ1) is 12.8. The fraction of sp³-hybridized carbons (Fsp3) is 0.250. The van der Waals surface area contributed by atoms with Gasteiger partial charge in [0.25, 0.3) is 5.78 Å². The lowest BCUT2D eigenvalue weighted by Gasteiger charge is -2.03. The number of rotatable bonds is 2. The number of anilines is 1. The van der Waals surface area contributed by atoms with Crippen molar-refractivity contribution in [3.63, 3.8) is 0 Å². The van der Waals surface area contributed by atoms with Gasteiger partial charge in [0, 0.05) is 5.69 Å². The van der Waals surface area contributed by atoms with Crippen LogP contribution in [0.3, 0.4) is 0 Å². The van der Waals surface area contributed by atoms with E-state index >= 15 is 0 Å². The Hall–Kier alpha value is -2.26. The molecular formula is C8H13N7O2. The van der Waals surface area contributed by atoms with Crippen molar-refractivity contribution < 1.29 is 10.3 Å². The van der Waals surface area contributed by atoms with Gasteiger partial charge >= 0.3 is 0 Å². The zero-order valence-corrected chi connectivity index (χ0v) is 9.14. The molecule has 2 rings (SSSR count). The number of fused-ring (bicyclic) bond motifs is 1. The van der Waals surface area contributed by atoms with Crippen LogP contribution in [0.25, 0.3) is 5.78 Å². The largest absolute Gasteiger partial charge is 0.412 e. The third kappa shape index (κ3) is 2.46. The molecule has 2 aromatic heterocycles. The van der Waals surface area contributed by atoms with Gasteiger partial charge in [-0.3, -0.25) is 10.2 Å². The summed E-state index contributed by atoms with van der Waals surface area (Å²) in [5, 5.41) is 3.94. The number of nitrogens with two attached hydrogens (primary N) is 2. The molecule has 2 aromatic rings. The molecule has 0 radical (unpaired) electrons. The lowest BCUT2D eigenvalue weighted by molar-refractivity contribution is -0.120. The van der Waals surface area contributed by atoms with E-state index in [1.54, 1.807) is 13.0 Å². The second-order valence-corrected chi connectivity index (χ2v) is 3.31. The van der Waals surface area contributed by atoms with Crippen LogP contribution >= 0.6 is 0 Å². The predicted octanol–water partition coefficient (Wildman–Crippen LogP) is -2.28. The maximum atomic E-state index is 11.2. The van der Waals surface area contributed by atoms with E-state index in [4.69, 9.17) is 11.6 Å². The van der Waals surface area contributed by atoms with Crippen molar-refractivity contribution >= 4 is 17.6 Å². The van der Waals surface area contributed by atoms with E-state index in [1.165, 1.54) is 4.52 Å². The van der Waals surface area contributed by atoms with Crippen LogP contribution < -0.4 is 17.0 Å². The van der Waals surface area contributed by atoms with Crippen molar-refractivity contribution in [3.05, 3.63) is 17.5 Å². The molecule has 9 heteroatoms. The molecule has 1 amide bonds. The molecule has 0 aliphatic rings. The smallest absolute Gasteiger partial charge is 0.254 e. The standard InChI is InChI=1S/C8H11N7O.H2O/c1-4-2-5(3-6(16)13-10)15-8(11-4)12-7(9)14-15;/h2H,3,10H2,1H3,(H2,9,14)(H,13,16);1H2. The van der Waals surface area contributed by atoms with Crippen LogP contribution in [0.1, 0.15) is 11.4 Å². The van der Waals surface area contributed by atoms with Crippen molar-refractivity contribution in [2.24, 2.45) is 5.84 Å². The van der Waals surface area contributed by atoms with Gasteiger partial charge in [-0.1, -0.05) is 0 Å². The van der Waals surface area contributed by atoms with Crippen molar-refractivity contribution in [2.75, 3.05) is 5.73 Å². The summed E-state index contributed by atoms with van der Waals surface area (Å²) in [4.78, 5) is 19.3. The first-order chi connectivity index (χ1) is 7.60. The fourth-order valence-corrected chi connectivity index (χ4v) is 1.42. The Kier molecular flexibility index (Phi) is 3.55. The number of aryl methyl sites for hydroxylation is 1. The molecule has 0 fully saturated rings. The molecule has 0 aliphatic carbocycles. The van der Waals surface area contributed by atoms with Gasteiger partial charge in [0.05, 0.1) is 12.1 Å². The summed E-state index contributed by atoms with van der Waals surface area (Å²) >= 11 is 0. The minimum Gasteiger partial charge on any atom is -0.412 e. The SMILES string of the molecule is Cc1cc(CC(=O)NN)n2nc(N)nc2n1.O. The summed E-state index contributed by atoms with van der Waals surface area (Å²) in [6, 6.07) is 1.73. The highest BCUT2D eigenvalue weighted by atomic mass is 16.2. The van der Waals surface area contributed by atoms with Gasteiger partial charge in [0.15, 0.2) is 0 Å². The molecule has 0 aliphatic heterocycles. The van der Waals surface area contributed by atoms with Crippen LogP contribution in [0, 0.1) is 6.92 Å². The van der Waals surface area contributed by atoms with Crippen molar-refractivity contribution in [3.8, 4) is 0 Å². The van der Waals surface area contributed by atoms with Crippen molar-refractivity contribution in [1.29, 1.82) is 0 Å². The first-order valence-electron chi connectivity index (χ1n) is 4.58. The van der Waals surface area contributed by atoms with Gasteiger partial charge in [-0.15, -0.1) is 5.10 Å². The van der Waals surface area contributed by atoms with E-state index in [1.807, 2.05) is 0 Å². The molecule has 0 aromatic carbocycles. The number of carbonyl (C=O) groups excluding carboxylic acids is 1. The second-order valence-electron chi connectivity index (χ2n) is 3.31. The number of nitrogens with one attached hydrogen (secondary N) is 1. The normalized spacial score (nSPS) is 10.0. The highest BCUT2D eigenvalue weighted by molar-refractivity contribution is 5.77. The summed E-state index contributed by atoms with van der Waals surface area (Å²) in [6.07, 6.45) is 0.0964. The average Bonchev–Trinajstić information content (AvgIpc) is 2.58. The highest BCUT2D eigenvalue weighted by Gasteiger charge is 2.10. The maximum absolute atomic E-state index is 11.2. The van der Waals surface area contributed by atoms with Gasteiger partial charge in [-0.25, -0.2) is 10.8 Å². The Morgan fingerprint density at radius 2 is 2.24 bits per heavy atom. The van der Waals surface area contributed by atoms with E-state index in [9.17, 15) is 4.79 Å². The number of hydrogen-bond acceptors (Lipinski definition) is 6. The van der Waals surface area contributed by atoms with Crippen molar-refractivity contribution in [1.82, 2.24) is 25.0 Å². The molecule has 7 N–H and O–H groups in total. The molecule has 0 saturated heterocycles. The summed E-state index contributed by atoms with van der Waals surface area (Å²) in [7, 11) is 0. The molecule has 0 bridgehead atoms. The van der Waals surface area contributed by atoms with E-state index in [0.29, 0.717) is 11.5 Å². The third-order valence-corrected chi connectivity index (χ3v) is 2.03. The predicted molar refractivity (Wildman–Crippen MR) is 59.6 cm³/mol. The number of aromatic nitrogens is 4. The van der Waals surface area contributed by atoms with Crippen LogP contribution in [0.2, 0.25) is 0 Å². The highest BCUT2D eigenvalue weighted by Crippen LogP contribution is 2.07.